The molecule has 0 bridgehead atoms. The van der Waals surface area contributed by atoms with Crippen LogP contribution in [0.3, 0.4) is 0 Å². The van der Waals surface area contributed by atoms with Crippen LogP contribution in [0.1, 0.15) is 44.4 Å². The van der Waals surface area contributed by atoms with E-state index in [0.29, 0.717) is 0 Å². The minimum Gasteiger partial charge on any atom is -0.394 e. The number of aliphatic hydroxyl groups is 1. The molecule has 2 heteroatoms. The molecule has 0 aliphatic carbocycles. The molecule has 1 aromatic carbocycles. The Bertz CT molecular complexity index is 303. The van der Waals surface area contributed by atoms with E-state index in [0.717, 1.165) is 12.0 Å². The number of rotatable bonds is 4. The molecule has 0 amide bonds. The van der Waals surface area contributed by atoms with E-state index in [1.54, 1.807) is 0 Å². The first-order valence-corrected chi connectivity index (χ1v) is 5.48. The van der Waals surface area contributed by atoms with E-state index in [4.69, 9.17) is 10.8 Å². The molecule has 84 valence electrons. The number of hydrogen-bond donors (Lipinski definition) is 2. The van der Waals surface area contributed by atoms with E-state index in [1.165, 1.54) is 5.56 Å². The molecule has 0 heterocycles. The third-order valence-electron chi connectivity index (χ3n) is 3.20. The summed E-state index contributed by atoms with van der Waals surface area (Å²) in [6, 6.07) is 7.97. The molecule has 2 nitrogen and oxygen atoms in total. The third kappa shape index (κ3) is 2.80. The molecule has 3 N–H and O–H groups in total. The fourth-order valence-corrected chi connectivity index (χ4v) is 1.49. The van der Waals surface area contributed by atoms with Crippen LogP contribution in [0.15, 0.2) is 24.3 Å². The summed E-state index contributed by atoms with van der Waals surface area (Å²) in [4.78, 5) is 0. The third-order valence-corrected chi connectivity index (χ3v) is 3.20. The quantitative estimate of drug-likeness (QED) is 0.796. The number of nitrogens with two attached hydrogens (primary N) is 1. The Morgan fingerprint density at radius 3 is 2.20 bits per heavy atom. The normalized spacial score (nSPS) is 13.9. The van der Waals surface area contributed by atoms with Gasteiger partial charge in [0.2, 0.25) is 0 Å². The maximum absolute atomic E-state index is 8.94. The highest BCUT2D eigenvalue weighted by molar-refractivity contribution is 5.29. The average Bonchev–Trinajstić information content (AvgIpc) is 2.28. The minimum atomic E-state index is -0.260. The first-order valence-electron chi connectivity index (χ1n) is 5.48. The van der Waals surface area contributed by atoms with Gasteiger partial charge in [-0.05, 0) is 23.0 Å². The van der Waals surface area contributed by atoms with E-state index in [9.17, 15) is 0 Å². The molecule has 0 saturated heterocycles. The Hall–Kier alpha value is -0.860. The molecule has 0 aromatic heterocycles. The Morgan fingerprint density at radius 2 is 1.80 bits per heavy atom. The lowest BCUT2D eigenvalue weighted by Gasteiger charge is -2.23. The lowest BCUT2D eigenvalue weighted by molar-refractivity contribution is 0.268. The highest BCUT2D eigenvalue weighted by atomic mass is 16.3. The standard InChI is InChI=1S/C13H21NO/c1-4-13(2,3)11-7-5-10(6-8-11)12(14)9-15/h5-8,12,15H,4,9,14H2,1-3H3/t12-/m1/s1. The summed E-state index contributed by atoms with van der Waals surface area (Å²) in [6.45, 7) is 6.64. The second kappa shape index (κ2) is 4.77. The molecule has 0 radical (unpaired) electrons. The van der Waals surface area contributed by atoms with Gasteiger partial charge in [0.15, 0.2) is 0 Å². The second-order valence-corrected chi connectivity index (χ2v) is 4.65. The maximum Gasteiger partial charge on any atom is 0.0624 e. The summed E-state index contributed by atoms with van der Waals surface area (Å²) in [5.41, 5.74) is 8.26. The fraction of sp³-hybridized carbons (Fsp3) is 0.538. The van der Waals surface area contributed by atoms with E-state index < -0.39 is 0 Å². The Morgan fingerprint density at radius 1 is 1.27 bits per heavy atom. The van der Waals surface area contributed by atoms with Crippen molar-refractivity contribution in [3.63, 3.8) is 0 Å². The zero-order valence-electron chi connectivity index (χ0n) is 9.83. The van der Waals surface area contributed by atoms with Crippen molar-refractivity contribution >= 4 is 0 Å². The van der Waals surface area contributed by atoms with Gasteiger partial charge >= 0.3 is 0 Å². The van der Waals surface area contributed by atoms with Crippen molar-refractivity contribution in [2.45, 2.75) is 38.6 Å². The van der Waals surface area contributed by atoms with Crippen LogP contribution in [-0.2, 0) is 5.41 Å². The first kappa shape index (κ1) is 12.2. The summed E-state index contributed by atoms with van der Waals surface area (Å²) >= 11 is 0. The van der Waals surface area contributed by atoms with Gasteiger partial charge in [-0.1, -0.05) is 45.0 Å². The fourth-order valence-electron chi connectivity index (χ4n) is 1.49. The van der Waals surface area contributed by atoms with Crippen molar-refractivity contribution in [1.29, 1.82) is 0 Å². The lowest BCUT2D eigenvalue weighted by Crippen LogP contribution is -2.17. The molecule has 0 aliphatic heterocycles. The molecule has 15 heavy (non-hydrogen) atoms. The number of aliphatic hydroxyl groups excluding tert-OH is 1. The predicted octanol–water partition coefficient (Wildman–Crippen LogP) is 2.37. The summed E-state index contributed by atoms with van der Waals surface area (Å²) in [7, 11) is 0. The van der Waals surface area contributed by atoms with Crippen LogP contribution in [-0.4, -0.2) is 11.7 Å². The zero-order chi connectivity index (χ0) is 11.5. The Kier molecular flexibility index (Phi) is 3.89. The van der Waals surface area contributed by atoms with Crippen LogP contribution in [0, 0.1) is 0 Å². The largest absolute Gasteiger partial charge is 0.394 e. The van der Waals surface area contributed by atoms with Gasteiger partial charge in [-0.15, -0.1) is 0 Å². The van der Waals surface area contributed by atoms with E-state index >= 15 is 0 Å². The highest BCUT2D eigenvalue weighted by Gasteiger charge is 2.17. The van der Waals surface area contributed by atoms with Crippen LogP contribution >= 0.6 is 0 Å². The molecule has 0 fully saturated rings. The molecule has 0 unspecified atom stereocenters. The van der Waals surface area contributed by atoms with Gasteiger partial charge in [-0.2, -0.15) is 0 Å². The van der Waals surface area contributed by atoms with E-state index in [-0.39, 0.29) is 18.1 Å². The summed E-state index contributed by atoms with van der Waals surface area (Å²) < 4.78 is 0. The Balaban J connectivity index is 2.90. The summed E-state index contributed by atoms with van der Waals surface area (Å²) in [6.07, 6.45) is 1.11. The SMILES string of the molecule is CCC(C)(C)c1ccc([C@H](N)CO)cc1. The van der Waals surface area contributed by atoms with Crippen molar-refractivity contribution in [3.8, 4) is 0 Å². The number of benzene rings is 1. The molecule has 1 rings (SSSR count). The van der Waals surface area contributed by atoms with Gasteiger partial charge in [0.25, 0.3) is 0 Å². The summed E-state index contributed by atoms with van der Waals surface area (Å²) in [5, 5.41) is 8.94. The molecule has 0 aliphatic rings. The average molecular weight is 207 g/mol. The van der Waals surface area contributed by atoms with Gasteiger partial charge in [0.05, 0.1) is 12.6 Å². The molecular formula is C13H21NO. The van der Waals surface area contributed by atoms with Crippen molar-refractivity contribution < 1.29 is 5.11 Å². The predicted molar refractivity (Wildman–Crippen MR) is 63.8 cm³/mol. The molecule has 0 saturated carbocycles. The van der Waals surface area contributed by atoms with Gasteiger partial charge < -0.3 is 10.8 Å². The first-order chi connectivity index (χ1) is 7.01. The van der Waals surface area contributed by atoms with Crippen molar-refractivity contribution in [2.24, 2.45) is 5.73 Å². The van der Waals surface area contributed by atoms with Crippen molar-refractivity contribution in [1.82, 2.24) is 0 Å². The summed E-state index contributed by atoms with van der Waals surface area (Å²) in [5.74, 6) is 0. The minimum absolute atomic E-state index is 0.00346. The second-order valence-electron chi connectivity index (χ2n) is 4.65. The molecule has 1 atom stereocenters. The van der Waals surface area contributed by atoms with Crippen molar-refractivity contribution in [2.75, 3.05) is 6.61 Å². The lowest BCUT2D eigenvalue weighted by atomic mass is 9.82. The van der Waals surface area contributed by atoms with Gasteiger partial charge in [0, 0.05) is 0 Å². The Labute approximate surface area is 92.1 Å². The van der Waals surface area contributed by atoms with E-state index in [1.807, 2.05) is 12.1 Å². The molecular weight excluding hydrogens is 186 g/mol. The number of hydrogen-bond acceptors (Lipinski definition) is 2. The smallest absolute Gasteiger partial charge is 0.0624 e. The monoisotopic (exact) mass is 207 g/mol. The van der Waals surface area contributed by atoms with Gasteiger partial charge in [0.1, 0.15) is 0 Å². The molecule has 0 spiro atoms. The van der Waals surface area contributed by atoms with Crippen LogP contribution in [0.2, 0.25) is 0 Å². The zero-order valence-corrected chi connectivity index (χ0v) is 9.83. The highest BCUT2D eigenvalue weighted by Crippen LogP contribution is 2.27. The van der Waals surface area contributed by atoms with Crippen LogP contribution in [0.5, 0.6) is 0 Å². The van der Waals surface area contributed by atoms with Gasteiger partial charge in [-0.25, -0.2) is 0 Å². The van der Waals surface area contributed by atoms with Gasteiger partial charge in [-0.3, -0.25) is 0 Å². The van der Waals surface area contributed by atoms with Crippen LogP contribution in [0.4, 0.5) is 0 Å². The molecule has 1 aromatic rings. The maximum atomic E-state index is 8.94. The van der Waals surface area contributed by atoms with Crippen LogP contribution in [0.25, 0.3) is 0 Å². The van der Waals surface area contributed by atoms with Crippen LogP contribution < -0.4 is 5.73 Å². The van der Waals surface area contributed by atoms with Crippen molar-refractivity contribution in [3.05, 3.63) is 35.4 Å². The topological polar surface area (TPSA) is 46.2 Å². The van der Waals surface area contributed by atoms with E-state index in [2.05, 4.69) is 32.9 Å².